The number of hydrogen-bond acceptors (Lipinski definition) is 9. The van der Waals surface area contributed by atoms with E-state index in [1.54, 1.807) is 35.2 Å². The molecule has 0 bridgehead atoms. The first kappa shape index (κ1) is 28.3. The highest BCUT2D eigenvalue weighted by atomic mass is 35.5. The highest BCUT2D eigenvalue weighted by Gasteiger charge is 2.23. The molecule has 11 nitrogen and oxygen atoms in total. The van der Waals surface area contributed by atoms with Crippen molar-refractivity contribution in [2.24, 2.45) is 0 Å². The number of halogens is 1. The predicted octanol–water partition coefficient (Wildman–Crippen LogP) is 2.59. The Labute approximate surface area is 249 Å². The van der Waals surface area contributed by atoms with Crippen molar-refractivity contribution in [1.82, 2.24) is 24.7 Å². The molecule has 0 aliphatic carbocycles. The number of anilines is 1. The molecule has 2 saturated heterocycles. The van der Waals surface area contributed by atoms with Gasteiger partial charge in [0.25, 0.3) is 11.5 Å². The highest BCUT2D eigenvalue weighted by Crippen LogP contribution is 2.33. The van der Waals surface area contributed by atoms with Crippen molar-refractivity contribution in [2.75, 3.05) is 70.7 Å². The first-order valence-corrected chi connectivity index (χ1v) is 14.7. The zero-order valence-electron chi connectivity index (χ0n) is 23.5. The third-order valence-corrected chi connectivity index (χ3v) is 8.05. The number of benzene rings is 2. The van der Waals surface area contributed by atoms with Crippen LogP contribution in [0, 0.1) is 0 Å². The Hall–Kier alpha value is -3.80. The number of H-pyrrole nitrogens is 1. The van der Waals surface area contributed by atoms with Crippen LogP contribution in [0.5, 0.6) is 17.2 Å². The molecule has 1 aromatic heterocycles. The topological polar surface area (TPSA) is 103 Å². The number of piperazine rings is 1. The van der Waals surface area contributed by atoms with Crippen molar-refractivity contribution in [3.63, 3.8) is 0 Å². The molecule has 3 aliphatic heterocycles. The molecular formula is C30H35ClN6O5. The average molecular weight is 595 g/mol. The van der Waals surface area contributed by atoms with E-state index in [2.05, 4.69) is 31.8 Å². The van der Waals surface area contributed by atoms with Crippen molar-refractivity contribution < 1.29 is 19.0 Å². The largest absolute Gasteiger partial charge is 0.484 e. The van der Waals surface area contributed by atoms with E-state index in [4.69, 9.17) is 30.8 Å². The predicted molar refractivity (Wildman–Crippen MR) is 158 cm³/mol. The Morgan fingerprint density at radius 1 is 0.881 bits per heavy atom. The number of rotatable bonds is 8. The Balaban J connectivity index is 0.991. The third kappa shape index (κ3) is 7.15. The first-order chi connectivity index (χ1) is 20.5. The lowest BCUT2D eigenvalue weighted by molar-refractivity contribution is -0.133. The average Bonchev–Trinajstić information content (AvgIpc) is 3.31. The minimum atomic E-state index is -0.162. The third-order valence-electron chi connectivity index (χ3n) is 7.80. The van der Waals surface area contributed by atoms with Gasteiger partial charge in [-0.05, 0) is 48.4 Å². The maximum atomic E-state index is 12.8. The maximum absolute atomic E-state index is 12.8. The summed E-state index contributed by atoms with van der Waals surface area (Å²) < 4.78 is 16.6. The summed E-state index contributed by atoms with van der Waals surface area (Å²) in [5.41, 5.74) is 1.80. The van der Waals surface area contributed by atoms with Gasteiger partial charge in [0.05, 0.1) is 5.69 Å². The number of hydrogen-bond donors (Lipinski definition) is 1. The van der Waals surface area contributed by atoms with E-state index in [0.717, 1.165) is 56.3 Å². The summed E-state index contributed by atoms with van der Waals surface area (Å²) in [6, 6.07) is 14.7. The molecule has 42 heavy (non-hydrogen) atoms. The van der Waals surface area contributed by atoms with Crippen molar-refractivity contribution in [3.05, 3.63) is 75.2 Å². The van der Waals surface area contributed by atoms with E-state index in [-0.39, 0.29) is 24.9 Å². The fraction of sp³-hybridized carbons (Fsp3) is 0.433. The molecule has 12 heteroatoms. The van der Waals surface area contributed by atoms with Gasteiger partial charge in [-0.15, -0.1) is 0 Å². The van der Waals surface area contributed by atoms with Gasteiger partial charge in [-0.3, -0.25) is 24.4 Å². The monoisotopic (exact) mass is 594 g/mol. The van der Waals surface area contributed by atoms with Gasteiger partial charge >= 0.3 is 0 Å². The van der Waals surface area contributed by atoms with Crippen LogP contribution in [-0.4, -0.2) is 96.3 Å². The van der Waals surface area contributed by atoms with Gasteiger partial charge in [0.15, 0.2) is 18.1 Å². The Morgan fingerprint density at radius 2 is 1.64 bits per heavy atom. The van der Waals surface area contributed by atoms with E-state index in [0.29, 0.717) is 49.4 Å². The fourth-order valence-corrected chi connectivity index (χ4v) is 5.63. The van der Waals surface area contributed by atoms with Crippen molar-refractivity contribution in [3.8, 4) is 17.2 Å². The number of aromatic amines is 1. The van der Waals surface area contributed by atoms with Gasteiger partial charge in [0.2, 0.25) is 12.7 Å². The van der Waals surface area contributed by atoms with Crippen LogP contribution in [0.4, 0.5) is 5.95 Å². The molecule has 1 amide bonds. The van der Waals surface area contributed by atoms with E-state index >= 15 is 0 Å². The van der Waals surface area contributed by atoms with Gasteiger partial charge < -0.3 is 24.0 Å². The Bertz CT molecular complexity index is 1440. The molecule has 0 radical (unpaired) electrons. The van der Waals surface area contributed by atoms with Crippen LogP contribution in [0.3, 0.4) is 0 Å². The van der Waals surface area contributed by atoms with Crippen molar-refractivity contribution >= 4 is 23.5 Å². The summed E-state index contributed by atoms with van der Waals surface area (Å²) in [5, 5.41) is 0.619. The van der Waals surface area contributed by atoms with Gasteiger partial charge in [-0.25, -0.2) is 4.98 Å². The van der Waals surface area contributed by atoms with Crippen molar-refractivity contribution in [1.29, 1.82) is 0 Å². The standard InChI is InChI=1S/C30H35ClN6O5/c31-23-3-5-25(6-4-23)40-20-29(39)36-8-1-9-37(15-14-36)30-32-24(17-28(38)33-30)19-35-12-10-34(11-13-35)18-22-2-7-26-27(16-22)42-21-41-26/h2-7,16-17H,1,8-15,18-21H2,(H,32,33,38). The fourth-order valence-electron chi connectivity index (χ4n) is 5.50. The normalized spacial score (nSPS) is 17.7. The summed E-state index contributed by atoms with van der Waals surface area (Å²) in [6.07, 6.45) is 0.770. The number of carbonyl (C=O) groups is 1. The zero-order chi connectivity index (χ0) is 28.9. The Morgan fingerprint density at radius 3 is 2.45 bits per heavy atom. The molecule has 2 fully saturated rings. The minimum Gasteiger partial charge on any atom is -0.484 e. The molecule has 0 unspecified atom stereocenters. The molecule has 0 atom stereocenters. The van der Waals surface area contributed by atoms with Gasteiger partial charge in [-0.1, -0.05) is 17.7 Å². The minimum absolute atomic E-state index is 0.0316. The van der Waals surface area contributed by atoms with E-state index in [1.807, 2.05) is 6.07 Å². The lowest BCUT2D eigenvalue weighted by Gasteiger charge is -2.34. The molecular weight excluding hydrogens is 560 g/mol. The van der Waals surface area contributed by atoms with Gasteiger partial charge in [-0.2, -0.15) is 0 Å². The van der Waals surface area contributed by atoms with E-state index < -0.39 is 0 Å². The number of amides is 1. The summed E-state index contributed by atoms with van der Waals surface area (Å²) in [7, 11) is 0. The number of nitrogens with zero attached hydrogens (tertiary/aromatic N) is 5. The second kappa shape index (κ2) is 13.0. The van der Waals surface area contributed by atoms with E-state index in [9.17, 15) is 9.59 Å². The van der Waals surface area contributed by atoms with Gasteiger partial charge in [0.1, 0.15) is 5.75 Å². The maximum Gasteiger partial charge on any atom is 0.260 e. The molecule has 6 rings (SSSR count). The summed E-state index contributed by atoms with van der Waals surface area (Å²) in [5.74, 6) is 2.72. The number of fused-ring (bicyclic) bond motifs is 1. The molecule has 0 spiro atoms. The van der Waals surface area contributed by atoms with Crippen LogP contribution >= 0.6 is 11.6 Å². The number of aromatic nitrogens is 2. The molecule has 3 aromatic rings. The lowest BCUT2D eigenvalue weighted by atomic mass is 10.1. The van der Waals surface area contributed by atoms with Crippen molar-refractivity contribution in [2.45, 2.75) is 19.5 Å². The van der Waals surface area contributed by atoms with Crippen LogP contribution in [0.2, 0.25) is 5.02 Å². The van der Waals surface area contributed by atoms with Crippen LogP contribution < -0.4 is 24.7 Å². The summed E-state index contributed by atoms with van der Waals surface area (Å²) >= 11 is 5.92. The van der Waals surface area contributed by atoms with Crippen LogP contribution in [0.15, 0.2) is 53.3 Å². The Kier molecular flexibility index (Phi) is 8.78. The molecule has 4 heterocycles. The SMILES string of the molecule is O=C(COc1ccc(Cl)cc1)N1CCCN(c2nc(CN3CCN(Cc4ccc5c(c4)OCO5)CC3)cc(=O)[nH]2)CC1. The van der Waals surface area contributed by atoms with Gasteiger partial charge in [0, 0.05) is 76.5 Å². The number of nitrogens with one attached hydrogen (secondary N) is 1. The van der Waals surface area contributed by atoms with Crippen LogP contribution in [-0.2, 0) is 17.9 Å². The second-order valence-corrected chi connectivity index (χ2v) is 11.2. The summed E-state index contributed by atoms with van der Waals surface area (Å²) in [4.78, 5) is 41.7. The highest BCUT2D eigenvalue weighted by molar-refractivity contribution is 6.30. The molecule has 1 N–H and O–H groups in total. The quantitative estimate of drug-likeness (QED) is 0.421. The molecule has 2 aromatic carbocycles. The molecule has 3 aliphatic rings. The van der Waals surface area contributed by atoms with Crippen LogP contribution in [0.25, 0.3) is 0 Å². The number of carbonyl (C=O) groups excluding carboxylic acids is 1. The smallest absolute Gasteiger partial charge is 0.260 e. The number of ether oxygens (including phenoxy) is 3. The molecule has 0 saturated carbocycles. The lowest BCUT2D eigenvalue weighted by Crippen LogP contribution is -2.45. The van der Waals surface area contributed by atoms with E-state index in [1.165, 1.54) is 5.56 Å². The zero-order valence-corrected chi connectivity index (χ0v) is 24.2. The van der Waals surface area contributed by atoms with Crippen LogP contribution in [0.1, 0.15) is 17.7 Å². The molecule has 222 valence electrons. The summed E-state index contributed by atoms with van der Waals surface area (Å²) in [6.45, 7) is 7.83. The second-order valence-electron chi connectivity index (χ2n) is 10.8. The first-order valence-electron chi connectivity index (χ1n) is 14.3.